The maximum Gasteiger partial charge on any atom is 0.352 e. The van der Waals surface area contributed by atoms with Crippen molar-refractivity contribution in [1.82, 2.24) is 10.3 Å². The minimum atomic E-state index is -1.34. The van der Waals surface area contributed by atoms with Gasteiger partial charge in [0.2, 0.25) is 0 Å². The molecule has 31 heavy (non-hydrogen) atoms. The molecule has 1 saturated heterocycles. The van der Waals surface area contributed by atoms with Crippen molar-refractivity contribution in [3.05, 3.63) is 42.2 Å². The number of nitrogens with zero attached hydrogens (tertiary/aromatic N) is 1. The van der Waals surface area contributed by atoms with Gasteiger partial charge in [-0.1, -0.05) is 0 Å². The highest BCUT2D eigenvalue weighted by atomic mass is 16.7. The van der Waals surface area contributed by atoms with Gasteiger partial charge in [0.05, 0.1) is 25.5 Å². The van der Waals surface area contributed by atoms with Gasteiger partial charge in [-0.25, -0.2) is 14.6 Å². The Labute approximate surface area is 179 Å². The molecule has 166 valence electrons. The fourth-order valence-electron chi connectivity index (χ4n) is 3.03. The SMILES string of the molecule is COC[C@H](C)NC(Nc1ccc(-c2cnco2)c(OC)c1)=C1C(=O)OC(C)(C)OC1=O. The number of hydrogen-bond acceptors (Lipinski definition) is 10. The number of hydrogen-bond donors (Lipinski definition) is 2. The van der Waals surface area contributed by atoms with Crippen molar-refractivity contribution < 1.29 is 33.0 Å². The molecule has 10 heteroatoms. The third kappa shape index (κ3) is 5.15. The number of ether oxygens (including phenoxy) is 4. The number of nitrogens with one attached hydrogen (secondary N) is 2. The molecule has 0 spiro atoms. The number of oxazole rings is 1. The molecular formula is C21H25N3O7. The molecule has 1 aromatic heterocycles. The summed E-state index contributed by atoms with van der Waals surface area (Å²) in [7, 11) is 3.08. The molecule has 1 atom stereocenters. The lowest BCUT2D eigenvalue weighted by Crippen LogP contribution is -2.45. The van der Waals surface area contributed by atoms with Gasteiger partial charge in [0, 0.05) is 38.8 Å². The molecule has 0 unspecified atom stereocenters. The summed E-state index contributed by atoms with van der Waals surface area (Å²) in [4.78, 5) is 29.1. The Balaban J connectivity index is 1.97. The van der Waals surface area contributed by atoms with E-state index >= 15 is 0 Å². The molecule has 10 nitrogen and oxygen atoms in total. The number of anilines is 1. The smallest absolute Gasteiger partial charge is 0.352 e. The lowest BCUT2D eigenvalue weighted by atomic mass is 10.1. The number of aromatic nitrogens is 1. The minimum Gasteiger partial charge on any atom is -0.496 e. The monoisotopic (exact) mass is 431 g/mol. The summed E-state index contributed by atoms with van der Waals surface area (Å²) in [6, 6.07) is 4.98. The Morgan fingerprint density at radius 1 is 1.19 bits per heavy atom. The fourth-order valence-corrected chi connectivity index (χ4v) is 3.03. The number of carbonyl (C=O) groups excluding carboxylic acids is 2. The summed E-state index contributed by atoms with van der Waals surface area (Å²) >= 11 is 0. The lowest BCUT2D eigenvalue weighted by molar-refractivity contribution is -0.222. The zero-order valence-electron chi connectivity index (χ0n) is 18.0. The molecule has 2 aromatic rings. The van der Waals surface area contributed by atoms with Gasteiger partial charge in [0.15, 0.2) is 17.7 Å². The van der Waals surface area contributed by atoms with Crippen molar-refractivity contribution in [2.45, 2.75) is 32.6 Å². The Hall–Kier alpha value is -3.53. The van der Waals surface area contributed by atoms with Crippen LogP contribution in [0, 0.1) is 0 Å². The van der Waals surface area contributed by atoms with E-state index in [0.29, 0.717) is 29.4 Å². The maximum absolute atomic E-state index is 12.6. The summed E-state index contributed by atoms with van der Waals surface area (Å²) in [5, 5.41) is 6.13. The second-order valence-corrected chi connectivity index (χ2v) is 7.34. The fraction of sp³-hybridized carbons (Fsp3) is 0.381. The number of benzene rings is 1. The molecule has 0 bridgehead atoms. The number of rotatable bonds is 8. The quantitative estimate of drug-likeness (QED) is 0.366. The first kappa shape index (κ1) is 22.2. The van der Waals surface area contributed by atoms with Crippen molar-refractivity contribution in [3.63, 3.8) is 0 Å². The molecule has 1 aliphatic heterocycles. The molecule has 3 rings (SSSR count). The highest BCUT2D eigenvalue weighted by Gasteiger charge is 2.41. The first-order valence-corrected chi connectivity index (χ1v) is 9.54. The van der Waals surface area contributed by atoms with E-state index in [4.69, 9.17) is 23.4 Å². The number of esters is 2. The molecule has 2 N–H and O–H groups in total. The summed E-state index contributed by atoms with van der Waals surface area (Å²) in [6.45, 7) is 5.14. The van der Waals surface area contributed by atoms with Gasteiger partial charge in [-0.05, 0) is 19.1 Å². The molecule has 0 aliphatic carbocycles. The van der Waals surface area contributed by atoms with Gasteiger partial charge < -0.3 is 34.0 Å². The second kappa shape index (κ2) is 9.09. The van der Waals surface area contributed by atoms with E-state index < -0.39 is 17.7 Å². The van der Waals surface area contributed by atoms with Gasteiger partial charge in [-0.2, -0.15) is 0 Å². The van der Waals surface area contributed by atoms with Crippen LogP contribution in [0.1, 0.15) is 20.8 Å². The van der Waals surface area contributed by atoms with Gasteiger partial charge in [-0.15, -0.1) is 0 Å². The van der Waals surface area contributed by atoms with Crippen LogP contribution >= 0.6 is 0 Å². The van der Waals surface area contributed by atoms with Gasteiger partial charge in [-0.3, -0.25) is 0 Å². The van der Waals surface area contributed by atoms with E-state index in [1.54, 1.807) is 31.5 Å². The average Bonchev–Trinajstić information content (AvgIpc) is 3.21. The Kier molecular flexibility index (Phi) is 6.50. The Bertz CT molecular complexity index is 961. The van der Waals surface area contributed by atoms with E-state index in [2.05, 4.69) is 15.6 Å². The van der Waals surface area contributed by atoms with Crippen LogP contribution in [0.5, 0.6) is 5.75 Å². The predicted octanol–water partition coefficient (Wildman–Crippen LogP) is 2.43. The zero-order valence-corrected chi connectivity index (χ0v) is 18.0. The molecule has 1 aromatic carbocycles. The van der Waals surface area contributed by atoms with Crippen molar-refractivity contribution in [1.29, 1.82) is 0 Å². The molecule has 1 fully saturated rings. The van der Waals surface area contributed by atoms with Crippen LogP contribution in [0.4, 0.5) is 5.69 Å². The third-order valence-corrected chi connectivity index (χ3v) is 4.31. The molecule has 2 heterocycles. The highest BCUT2D eigenvalue weighted by molar-refractivity contribution is 6.16. The van der Waals surface area contributed by atoms with Crippen molar-refractivity contribution >= 4 is 17.6 Å². The summed E-state index contributed by atoms with van der Waals surface area (Å²) in [6.07, 6.45) is 2.90. The topological polar surface area (TPSA) is 121 Å². The lowest BCUT2D eigenvalue weighted by Gasteiger charge is -2.31. The van der Waals surface area contributed by atoms with Gasteiger partial charge >= 0.3 is 11.9 Å². The molecule has 1 aliphatic rings. The number of carbonyl (C=O) groups is 2. The van der Waals surface area contributed by atoms with Crippen LogP contribution in [0.25, 0.3) is 11.3 Å². The summed E-state index contributed by atoms with van der Waals surface area (Å²) in [5.41, 5.74) is 0.962. The minimum absolute atomic E-state index is 0.129. The van der Waals surface area contributed by atoms with Crippen molar-refractivity contribution in [2.75, 3.05) is 26.1 Å². The first-order chi connectivity index (χ1) is 14.7. The highest BCUT2D eigenvalue weighted by Crippen LogP contribution is 2.33. The van der Waals surface area contributed by atoms with E-state index in [1.807, 2.05) is 6.92 Å². The van der Waals surface area contributed by atoms with Crippen LogP contribution in [-0.2, 0) is 23.8 Å². The molecule has 0 radical (unpaired) electrons. The van der Waals surface area contributed by atoms with Crippen LogP contribution in [0.15, 0.2) is 46.6 Å². The van der Waals surface area contributed by atoms with E-state index in [-0.39, 0.29) is 17.4 Å². The third-order valence-electron chi connectivity index (χ3n) is 4.31. The summed E-state index contributed by atoms with van der Waals surface area (Å²) < 4.78 is 26.4. The van der Waals surface area contributed by atoms with E-state index in [0.717, 1.165) is 0 Å². The predicted molar refractivity (Wildman–Crippen MR) is 110 cm³/mol. The maximum atomic E-state index is 12.6. The number of cyclic esters (lactones) is 2. The largest absolute Gasteiger partial charge is 0.496 e. The van der Waals surface area contributed by atoms with Crippen LogP contribution in [0.2, 0.25) is 0 Å². The standard InChI is InChI=1S/C21H25N3O7/c1-12(10-27-4)23-18(17-19(25)30-21(2,3)31-20(17)26)24-13-6-7-14(15(8-13)28-5)16-9-22-11-29-16/h6-9,11-12,23-24H,10H2,1-5H3/t12-/m0/s1. The second-order valence-electron chi connectivity index (χ2n) is 7.34. The van der Waals surface area contributed by atoms with Crippen LogP contribution in [0.3, 0.4) is 0 Å². The van der Waals surface area contributed by atoms with E-state index in [1.165, 1.54) is 27.4 Å². The van der Waals surface area contributed by atoms with E-state index in [9.17, 15) is 9.59 Å². The zero-order chi connectivity index (χ0) is 22.6. The molecule has 0 amide bonds. The number of methoxy groups -OCH3 is 2. The van der Waals surface area contributed by atoms with Crippen LogP contribution in [-0.4, -0.2) is 49.6 Å². The average molecular weight is 431 g/mol. The Morgan fingerprint density at radius 3 is 2.48 bits per heavy atom. The first-order valence-electron chi connectivity index (χ1n) is 9.54. The molecule has 0 saturated carbocycles. The van der Waals surface area contributed by atoms with Gasteiger partial charge in [0.1, 0.15) is 11.6 Å². The normalized spacial score (nSPS) is 16.2. The summed E-state index contributed by atoms with van der Waals surface area (Å²) in [5.74, 6) is -1.77. The van der Waals surface area contributed by atoms with Crippen LogP contribution < -0.4 is 15.4 Å². The molecular weight excluding hydrogens is 406 g/mol. The van der Waals surface area contributed by atoms with Crippen molar-refractivity contribution in [2.24, 2.45) is 0 Å². The van der Waals surface area contributed by atoms with Gasteiger partial charge in [0.25, 0.3) is 5.79 Å². The Morgan fingerprint density at radius 2 is 1.90 bits per heavy atom. The van der Waals surface area contributed by atoms with Crippen molar-refractivity contribution in [3.8, 4) is 17.1 Å².